The van der Waals surface area contributed by atoms with Gasteiger partial charge in [-0.3, -0.25) is 0 Å². The first-order valence-electron chi connectivity index (χ1n) is 5.66. The Labute approximate surface area is 90.0 Å². The van der Waals surface area contributed by atoms with Crippen molar-refractivity contribution in [2.24, 2.45) is 5.41 Å². The summed E-state index contributed by atoms with van der Waals surface area (Å²) >= 11 is 0. The molecule has 0 bridgehead atoms. The van der Waals surface area contributed by atoms with Gasteiger partial charge in [-0.15, -0.1) is 0 Å². The largest absolute Gasteiger partial charge is 0.384 e. The van der Waals surface area contributed by atoms with E-state index in [1.54, 1.807) is 0 Å². The summed E-state index contributed by atoms with van der Waals surface area (Å²) in [6.07, 6.45) is 3.74. The monoisotopic (exact) mass is 197 g/mol. The first-order valence-corrected chi connectivity index (χ1v) is 5.66. The van der Waals surface area contributed by atoms with Gasteiger partial charge in [0.25, 0.3) is 0 Å². The fourth-order valence-corrected chi connectivity index (χ4v) is 1.28. The van der Waals surface area contributed by atoms with Gasteiger partial charge in [0, 0.05) is 16.7 Å². The van der Waals surface area contributed by atoms with Gasteiger partial charge in [0.05, 0.1) is 0 Å². The molecule has 0 rings (SSSR count). The van der Waals surface area contributed by atoms with Crippen LogP contribution < -0.4 is 5.32 Å². The van der Waals surface area contributed by atoms with Crippen molar-refractivity contribution in [1.82, 2.24) is 5.32 Å². The maximum absolute atomic E-state index is 4.11. The van der Waals surface area contributed by atoms with E-state index in [0.29, 0.717) is 0 Å². The Morgan fingerprint density at radius 1 is 1.14 bits per heavy atom. The molecule has 0 aliphatic rings. The number of unbranched alkanes of at least 4 members (excludes halogenated alkanes) is 1. The van der Waals surface area contributed by atoms with Gasteiger partial charge in [0.1, 0.15) is 0 Å². The minimum Gasteiger partial charge on any atom is -0.384 e. The molecule has 0 saturated heterocycles. The Morgan fingerprint density at radius 2 is 1.64 bits per heavy atom. The molecule has 0 saturated carbocycles. The van der Waals surface area contributed by atoms with Gasteiger partial charge < -0.3 is 5.32 Å². The van der Waals surface area contributed by atoms with E-state index in [1.807, 2.05) is 0 Å². The molecule has 84 valence electrons. The lowest BCUT2D eigenvalue weighted by Gasteiger charge is -2.34. The highest BCUT2D eigenvalue weighted by Gasteiger charge is 2.22. The molecule has 1 N–H and O–H groups in total. The third kappa shape index (κ3) is 5.31. The Morgan fingerprint density at radius 3 is 2.00 bits per heavy atom. The van der Waals surface area contributed by atoms with Gasteiger partial charge in [-0.2, -0.15) is 0 Å². The predicted molar refractivity (Wildman–Crippen MR) is 65.3 cm³/mol. The molecule has 0 aromatic rings. The molecule has 0 atom stereocenters. The van der Waals surface area contributed by atoms with E-state index >= 15 is 0 Å². The van der Waals surface area contributed by atoms with Crippen LogP contribution in [0.3, 0.4) is 0 Å². The van der Waals surface area contributed by atoms with Gasteiger partial charge in [-0.05, 0) is 20.3 Å². The van der Waals surface area contributed by atoms with E-state index in [2.05, 4.69) is 53.4 Å². The quantitative estimate of drug-likeness (QED) is 0.699. The molecule has 0 heterocycles. The molecular formula is C13H27N. The van der Waals surface area contributed by atoms with Crippen LogP contribution in [0.5, 0.6) is 0 Å². The Kier molecular flexibility index (Phi) is 4.70. The smallest absolute Gasteiger partial charge is 0.0314 e. The van der Waals surface area contributed by atoms with Crippen LogP contribution in [0.25, 0.3) is 0 Å². The highest BCUT2D eigenvalue weighted by atomic mass is 15.0. The van der Waals surface area contributed by atoms with Crippen molar-refractivity contribution in [2.45, 2.75) is 66.3 Å². The van der Waals surface area contributed by atoms with Crippen molar-refractivity contribution in [3.63, 3.8) is 0 Å². The second kappa shape index (κ2) is 4.86. The van der Waals surface area contributed by atoms with E-state index in [4.69, 9.17) is 0 Å². The third-order valence-corrected chi connectivity index (χ3v) is 2.55. The Hall–Kier alpha value is -0.460. The summed E-state index contributed by atoms with van der Waals surface area (Å²) in [6.45, 7) is 17.4. The maximum atomic E-state index is 4.11. The first-order chi connectivity index (χ1) is 6.19. The van der Waals surface area contributed by atoms with Gasteiger partial charge in [-0.1, -0.05) is 47.1 Å². The minimum absolute atomic E-state index is 0.156. The van der Waals surface area contributed by atoms with Crippen molar-refractivity contribution in [2.75, 3.05) is 0 Å². The van der Waals surface area contributed by atoms with Crippen molar-refractivity contribution in [3.8, 4) is 0 Å². The van der Waals surface area contributed by atoms with Crippen LogP contribution >= 0.6 is 0 Å². The molecule has 0 aromatic carbocycles. The Bertz CT molecular complexity index is 184. The van der Waals surface area contributed by atoms with E-state index in [-0.39, 0.29) is 11.0 Å². The molecule has 1 nitrogen and oxygen atoms in total. The lowest BCUT2D eigenvalue weighted by atomic mass is 9.89. The average Bonchev–Trinajstić information content (AvgIpc) is 1.98. The lowest BCUT2D eigenvalue weighted by Crippen LogP contribution is -2.41. The fraction of sp³-hybridized carbons (Fsp3) is 0.846. The van der Waals surface area contributed by atoms with Crippen LogP contribution in [-0.2, 0) is 0 Å². The number of allylic oxidation sites excluding steroid dienone is 1. The number of nitrogens with one attached hydrogen (secondary N) is 1. The summed E-state index contributed by atoms with van der Waals surface area (Å²) < 4.78 is 0. The average molecular weight is 197 g/mol. The molecule has 14 heavy (non-hydrogen) atoms. The molecule has 0 fully saturated rings. The topological polar surface area (TPSA) is 12.0 Å². The van der Waals surface area contributed by atoms with Crippen LogP contribution in [-0.4, -0.2) is 5.54 Å². The predicted octanol–water partition coefficient (Wildman–Crippen LogP) is 4.10. The van der Waals surface area contributed by atoms with Crippen molar-refractivity contribution in [3.05, 3.63) is 12.3 Å². The van der Waals surface area contributed by atoms with Crippen LogP contribution in [0.1, 0.15) is 60.8 Å². The number of hydrogen-bond donors (Lipinski definition) is 1. The summed E-state index contributed by atoms with van der Waals surface area (Å²) in [7, 11) is 0. The van der Waals surface area contributed by atoms with Crippen LogP contribution in [0.4, 0.5) is 0 Å². The molecule has 0 unspecified atom stereocenters. The second-order valence-electron chi connectivity index (χ2n) is 5.84. The standard InChI is InChI=1S/C13H27N/c1-8-9-10-13(6,7)14-11(2)12(3,4)5/h14H,2,8-10H2,1,3-7H3. The zero-order chi connectivity index (χ0) is 11.4. The molecule has 0 aromatic heterocycles. The summed E-state index contributed by atoms with van der Waals surface area (Å²) in [5, 5.41) is 3.54. The molecular weight excluding hydrogens is 170 g/mol. The van der Waals surface area contributed by atoms with Crippen molar-refractivity contribution in [1.29, 1.82) is 0 Å². The zero-order valence-corrected chi connectivity index (χ0v) is 10.8. The van der Waals surface area contributed by atoms with Gasteiger partial charge in [0.2, 0.25) is 0 Å². The number of rotatable bonds is 5. The summed E-state index contributed by atoms with van der Waals surface area (Å²) in [4.78, 5) is 0. The molecule has 0 radical (unpaired) electrons. The molecule has 0 aliphatic heterocycles. The number of hydrogen-bond acceptors (Lipinski definition) is 1. The van der Waals surface area contributed by atoms with E-state index in [0.717, 1.165) is 5.70 Å². The van der Waals surface area contributed by atoms with E-state index in [9.17, 15) is 0 Å². The van der Waals surface area contributed by atoms with Crippen LogP contribution in [0, 0.1) is 5.41 Å². The molecule has 0 aliphatic carbocycles. The normalized spacial score (nSPS) is 12.7. The molecule has 1 heteroatoms. The summed E-state index contributed by atoms with van der Waals surface area (Å²) in [5.74, 6) is 0. The van der Waals surface area contributed by atoms with Crippen molar-refractivity contribution < 1.29 is 0 Å². The van der Waals surface area contributed by atoms with E-state index in [1.165, 1.54) is 19.3 Å². The van der Waals surface area contributed by atoms with Crippen molar-refractivity contribution >= 4 is 0 Å². The van der Waals surface area contributed by atoms with Crippen LogP contribution in [0.15, 0.2) is 12.3 Å². The molecule has 0 amide bonds. The maximum Gasteiger partial charge on any atom is 0.0314 e. The second-order valence-corrected chi connectivity index (χ2v) is 5.84. The van der Waals surface area contributed by atoms with Crippen LogP contribution in [0.2, 0.25) is 0 Å². The lowest BCUT2D eigenvalue weighted by molar-refractivity contribution is 0.337. The van der Waals surface area contributed by atoms with Gasteiger partial charge >= 0.3 is 0 Å². The molecule has 0 spiro atoms. The first kappa shape index (κ1) is 13.5. The fourth-order valence-electron chi connectivity index (χ4n) is 1.28. The highest BCUT2D eigenvalue weighted by Crippen LogP contribution is 2.25. The highest BCUT2D eigenvalue weighted by molar-refractivity contribution is 5.06. The summed E-state index contributed by atoms with van der Waals surface area (Å²) in [6, 6.07) is 0. The minimum atomic E-state index is 0.156. The van der Waals surface area contributed by atoms with Gasteiger partial charge in [0.15, 0.2) is 0 Å². The Balaban J connectivity index is 4.15. The SMILES string of the molecule is C=C(NC(C)(C)CCCC)C(C)(C)C. The summed E-state index contributed by atoms with van der Waals surface area (Å²) in [5.41, 5.74) is 1.47. The van der Waals surface area contributed by atoms with E-state index < -0.39 is 0 Å². The van der Waals surface area contributed by atoms with Gasteiger partial charge in [-0.25, -0.2) is 0 Å². The third-order valence-electron chi connectivity index (χ3n) is 2.55. The zero-order valence-electron chi connectivity index (χ0n) is 10.8.